The number of likely N-dealkylation sites (N-methyl/N-ethyl adjacent to an activating group) is 1. The van der Waals surface area contributed by atoms with Crippen LogP contribution in [-0.2, 0) is 4.79 Å². The summed E-state index contributed by atoms with van der Waals surface area (Å²) in [5.41, 5.74) is 0.491. The number of carbonyl (C=O) groups excluding carboxylic acids is 1. The maximum absolute atomic E-state index is 12.4. The van der Waals surface area contributed by atoms with Crippen molar-refractivity contribution < 1.29 is 22.7 Å². The summed E-state index contributed by atoms with van der Waals surface area (Å²) < 4.78 is 41.4. The first-order valence-corrected chi connectivity index (χ1v) is 6.70. The van der Waals surface area contributed by atoms with Crippen LogP contribution in [0.3, 0.4) is 0 Å². The molecule has 7 heteroatoms. The largest absolute Gasteiger partial charge is 0.573 e. The predicted molar refractivity (Wildman–Crippen MR) is 71.0 cm³/mol. The zero-order valence-corrected chi connectivity index (χ0v) is 11.5. The van der Waals surface area contributed by atoms with E-state index in [0.29, 0.717) is 24.9 Å². The predicted octanol–water partition coefficient (Wildman–Crippen LogP) is 2.17. The van der Waals surface area contributed by atoms with Gasteiger partial charge in [-0.05, 0) is 36.9 Å². The number of rotatable bonds is 3. The van der Waals surface area contributed by atoms with Crippen LogP contribution in [0.4, 0.5) is 13.2 Å². The first kappa shape index (κ1) is 15.6. The third-order valence-corrected chi connectivity index (χ3v) is 3.55. The minimum absolute atomic E-state index is 0.146. The summed E-state index contributed by atoms with van der Waals surface area (Å²) in [6.45, 7) is 0.573. The Morgan fingerprint density at radius 1 is 1.38 bits per heavy atom. The molecule has 1 fully saturated rings. The normalized spacial score (nSPS) is 22.7. The van der Waals surface area contributed by atoms with Gasteiger partial charge in [0.05, 0.1) is 6.04 Å². The van der Waals surface area contributed by atoms with Gasteiger partial charge in [0.15, 0.2) is 0 Å². The molecule has 0 bridgehead atoms. The Bertz CT molecular complexity index is 505. The average molecular weight is 302 g/mol. The lowest BCUT2D eigenvalue weighted by atomic mass is 9.85. The van der Waals surface area contributed by atoms with Crippen LogP contribution in [0.5, 0.6) is 5.75 Å². The van der Waals surface area contributed by atoms with Gasteiger partial charge in [-0.3, -0.25) is 4.79 Å². The number of ether oxygens (including phenoxy) is 1. The van der Waals surface area contributed by atoms with Gasteiger partial charge in [0, 0.05) is 7.05 Å². The zero-order valence-electron chi connectivity index (χ0n) is 11.5. The number of nitrogens with one attached hydrogen (secondary N) is 2. The van der Waals surface area contributed by atoms with Crippen LogP contribution in [0.15, 0.2) is 24.3 Å². The van der Waals surface area contributed by atoms with Crippen molar-refractivity contribution in [2.24, 2.45) is 0 Å². The van der Waals surface area contributed by atoms with Gasteiger partial charge in [0.1, 0.15) is 5.75 Å². The number of amides is 1. The van der Waals surface area contributed by atoms with E-state index in [1.165, 1.54) is 19.2 Å². The SMILES string of the molecule is CNC(=O)C1CC(c2ccccc2OC(F)(F)F)CCN1. The van der Waals surface area contributed by atoms with Gasteiger partial charge >= 0.3 is 6.36 Å². The third kappa shape index (κ3) is 4.10. The molecule has 1 amide bonds. The van der Waals surface area contributed by atoms with E-state index in [9.17, 15) is 18.0 Å². The topological polar surface area (TPSA) is 50.4 Å². The smallest absolute Gasteiger partial charge is 0.405 e. The van der Waals surface area contributed by atoms with Crippen LogP contribution in [0.1, 0.15) is 24.3 Å². The summed E-state index contributed by atoms with van der Waals surface area (Å²) in [6, 6.07) is 5.71. The lowest BCUT2D eigenvalue weighted by Crippen LogP contribution is -2.47. The lowest BCUT2D eigenvalue weighted by molar-refractivity contribution is -0.275. The average Bonchev–Trinajstić information content (AvgIpc) is 2.45. The number of hydrogen-bond acceptors (Lipinski definition) is 3. The molecule has 0 spiro atoms. The highest BCUT2D eigenvalue weighted by molar-refractivity contribution is 5.81. The summed E-state index contributed by atoms with van der Waals surface area (Å²) >= 11 is 0. The number of piperidine rings is 1. The van der Waals surface area contributed by atoms with E-state index in [1.54, 1.807) is 12.1 Å². The molecular formula is C14H17F3N2O2. The van der Waals surface area contributed by atoms with Crippen molar-refractivity contribution >= 4 is 5.91 Å². The first-order chi connectivity index (χ1) is 9.90. The van der Waals surface area contributed by atoms with E-state index in [1.807, 2.05) is 0 Å². The van der Waals surface area contributed by atoms with Crippen molar-refractivity contribution in [1.82, 2.24) is 10.6 Å². The highest BCUT2D eigenvalue weighted by atomic mass is 19.4. The Labute approximate surface area is 120 Å². The van der Waals surface area contributed by atoms with Crippen LogP contribution in [-0.4, -0.2) is 31.9 Å². The number of hydrogen-bond donors (Lipinski definition) is 2. The second kappa shape index (κ2) is 6.34. The first-order valence-electron chi connectivity index (χ1n) is 6.70. The Hall–Kier alpha value is -1.76. The van der Waals surface area contributed by atoms with Crippen LogP contribution in [0.25, 0.3) is 0 Å². The Balaban J connectivity index is 2.19. The van der Waals surface area contributed by atoms with Crippen molar-refractivity contribution in [3.05, 3.63) is 29.8 Å². The maximum atomic E-state index is 12.4. The lowest BCUT2D eigenvalue weighted by Gasteiger charge is -2.30. The molecule has 21 heavy (non-hydrogen) atoms. The molecule has 1 aliphatic rings. The molecule has 116 valence electrons. The fourth-order valence-corrected chi connectivity index (χ4v) is 2.61. The Morgan fingerprint density at radius 3 is 2.76 bits per heavy atom. The molecule has 1 saturated heterocycles. The molecule has 2 unspecified atom stereocenters. The summed E-state index contributed by atoms with van der Waals surface area (Å²) in [7, 11) is 1.54. The molecule has 0 radical (unpaired) electrons. The number of para-hydroxylation sites is 1. The molecular weight excluding hydrogens is 285 g/mol. The third-order valence-electron chi connectivity index (χ3n) is 3.55. The summed E-state index contributed by atoms with van der Waals surface area (Å²) in [4.78, 5) is 11.7. The number of benzene rings is 1. The molecule has 1 aromatic rings. The molecule has 1 heterocycles. The van der Waals surface area contributed by atoms with Crippen LogP contribution >= 0.6 is 0 Å². The number of alkyl halides is 3. The molecule has 2 rings (SSSR count). The summed E-state index contributed by atoms with van der Waals surface area (Å²) in [5, 5.41) is 5.61. The van der Waals surface area contributed by atoms with Crippen LogP contribution in [0.2, 0.25) is 0 Å². The van der Waals surface area contributed by atoms with Gasteiger partial charge in [0.25, 0.3) is 0 Å². The highest BCUT2D eigenvalue weighted by Gasteiger charge is 2.34. The summed E-state index contributed by atoms with van der Waals surface area (Å²) in [6.07, 6.45) is -3.62. The molecule has 0 aliphatic carbocycles. The Kier molecular flexibility index (Phi) is 4.72. The van der Waals surface area contributed by atoms with E-state index in [4.69, 9.17) is 0 Å². The minimum Gasteiger partial charge on any atom is -0.405 e. The van der Waals surface area contributed by atoms with Gasteiger partial charge in [-0.25, -0.2) is 0 Å². The molecule has 0 saturated carbocycles. The molecule has 1 aliphatic heterocycles. The van der Waals surface area contributed by atoms with Crippen molar-refractivity contribution in [3.63, 3.8) is 0 Å². The standard InChI is InChI=1S/C14H17F3N2O2/c1-18-13(20)11-8-9(6-7-19-11)10-4-2-3-5-12(10)21-14(15,16)17/h2-5,9,11,19H,6-8H2,1H3,(H,18,20). The van der Waals surface area contributed by atoms with E-state index >= 15 is 0 Å². The van der Waals surface area contributed by atoms with Crippen molar-refractivity contribution in [2.75, 3.05) is 13.6 Å². The van der Waals surface area contributed by atoms with E-state index < -0.39 is 12.4 Å². The molecule has 0 aromatic heterocycles. The number of carbonyl (C=O) groups is 1. The molecule has 2 N–H and O–H groups in total. The van der Waals surface area contributed by atoms with Crippen molar-refractivity contribution in [3.8, 4) is 5.75 Å². The second-order valence-electron chi connectivity index (χ2n) is 4.93. The van der Waals surface area contributed by atoms with Crippen LogP contribution < -0.4 is 15.4 Å². The van der Waals surface area contributed by atoms with E-state index in [0.717, 1.165) is 0 Å². The summed E-state index contributed by atoms with van der Waals surface area (Å²) in [5.74, 6) is -0.492. The molecule has 1 aromatic carbocycles. The van der Waals surface area contributed by atoms with E-state index in [-0.39, 0.29) is 17.6 Å². The fourth-order valence-electron chi connectivity index (χ4n) is 2.61. The monoisotopic (exact) mass is 302 g/mol. The maximum Gasteiger partial charge on any atom is 0.573 e. The van der Waals surface area contributed by atoms with Gasteiger partial charge in [0.2, 0.25) is 5.91 Å². The minimum atomic E-state index is -4.72. The number of halogens is 3. The van der Waals surface area contributed by atoms with Gasteiger partial charge in [-0.2, -0.15) is 0 Å². The van der Waals surface area contributed by atoms with Gasteiger partial charge < -0.3 is 15.4 Å². The van der Waals surface area contributed by atoms with Crippen LogP contribution in [0, 0.1) is 0 Å². The zero-order chi connectivity index (χ0) is 15.5. The van der Waals surface area contributed by atoms with Gasteiger partial charge in [-0.15, -0.1) is 13.2 Å². The van der Waals surface area contributed by atoms with Gasteiger partial charge in [-0.1, -0.05) is 18.2 Å². The van der Waals surface area contributed by atoms with Crippen molar-refractivity contribution in [1.29, 1.82) is 0 Å². The molecule has 4 nitrogen and oxygen atoms in total. The van der Waals surface area contributed by atoms with Crippen molar-refractivity contribution in [2.45, 2.75) is 31.2 Å². The van der Waals surface area contributed by atoms with E-state index in [2.05, 4.69) is 15.4 Å². The quantitative estimate of drug-likeness (QED) is 0.899. The highest BCUT2D eigenvalue weighted by Crippen LogP contribution is 2.36. The second-order valence-corrected chi connectivity index (χ2v) is 4.93. The Morgan fingerprint density at radius 2 is 2.10 bits per heavy atom. The fraction of sp³-hybridized carbons (Fsp3) is 0.500. The molecule has 2 atom stereocenters.